The van der Waals surface area contributed by atoms with Crippen LogP contribution in [0.1, 0.15) is 41.5 Å². The zero-order valence-electron chi connectivity index (χ0n) is 14.6. The monoisotopic (exact) mass is 358 g/mol. The molecule has 0 radical (unpaired) electrons. The summed E-state index contributed by atoms with van der Waals surface area (Å²) in [7, 11) is 0. The molecule has 0 aliphatic rings. The third kappa shape index (κ3) is 10.5. The number of hydrogen-bond donors (Lipinski definition) is 4. The molecule has 0 amide bonds. The van der Waals surface area contributed by atoms with Gasteiger partial charge in [0, 0.05) is 0 Å². The van der Waals surface area contributed by atoms with Crippen molar-refractivity contribution in [2.24, 2.45) is 0 Å². The smallest absolute Gasteiger partial charge is 0.336 e. The highest BCUT2D eigenvalue weighted by Gasteiger charge is 2.13. The van der Waals surface area contributed by atoms with Crippen LogP contribution >= 0.6 is 0 Å². The van der Waals surface area contributed by atoms with E-state index in [0.29, 0.717) is 13.2 Å². The second-order valence-electron chi connectivity index (χ2n) is 5.48. The van der Waals surface area contributed by atoms with Crippen molar-refractivity contribution < 1.29 is 39.5 Å². The summed E-state index contributed by atoms with van der Waals surface area (Å²) in [5.41, 5.74) is -0.380. The highest BCUT2D eigenvalue weighted by Crippen LogP contribution is 2.07. The first kappa shape index (κ1) is 23.0. The Labute approximate surface area is 146 Å². The molecule has 0 spiro atoms. The van der Waals surface area contributed by atoms with Gasteiger partial charge in [-0.15, -0.1) is 0 Å². The van der Waals surface area contributed by atoms with E-state index >= 15 is 0 Å². The summed E-state index contributed by atoms with van der Waals surface area (Å²) < 4.78 is 10.5. The van der Waals surface area contributed by atoms with Gasteiger partial charge >= 0.3 is 11.9 Å². The number of carbonyl (C=O) groups is 2. The molecule has 25 heavy (non-hydrogen) atoms. The summed E-state index contributed by atoms with van der Waals surface area (Å²) in [6.45, 7) is 6.10. The Hall–Kier alpha value is -2.00. The summed E-state index contributed by atoms with van der Waals surface area (Å²) in [6.07, 6.45) is -0.654. The lowest BCUT2D eigenvalue weighted by atomic mass is 10.1. The first-order valence-corrected chi connectivity index (χ1v) is 7.76. The van der Waals surface area contributed by atoms with E-state index in [0.717, 1.165) is 0 Å². The van der Waals surface area contributed by atoms with E-state index in [9.17, 15) is 9.59 Å². The van der Waals surface area contributed by atoms with E-state index in [4.69, 9.17) is 29.9 Å². The van der Waals surface area contributed by atoms with Crippen LogP contribution in [0.2, 0.25) is 0 Å². The lowest BCUT2D eigenvalue weighted by Gasteiger charge is -2.16. The average molecular weight is 358 g/mol. The molecule has 1 aromatic carbocycles. The fourth-order valence-electron chi connectivity index (χ4n) is 1.56. The minimum atomic E-state index is -1.23. The van der Waals surface area contributed by atoms with Crippen LogP contribution in [0.15, 0.2) is 24.3 Å². The van der Waals surface area contributed by atoms with E-state index in [2.05, 4.69) is 0 Å². The van der Waals surface area contributed by atoms with E-state index < -0.39 is 18.0 Å². The highest BCUT2D eigenvalue weighted by atomic mass is 16.5. The highest BCUT2D eigenvalue weighted by molar-refractivity contribution is 6.01. The van der Waals surface area contributed by atoms with Crippen LogP contribution in [0.4, 0.5) is 0 Å². The molecule has 0 aliphatic carbocycles. The number of aromatic carboxylic acids is 2. The molecule has 142 valence electrons. The van der Waals surface area contributed by atoms with Gasteiger partial charge in [-0.25, -0.2) is 9.59 Å². The molecule has 1 aromatic rings. The largest absolute Gasteiger partial charge is 0.478 e. The van der Waals surface area contributed by atoms with Crippen molar-refractivity contribution in [3.8, 4) is 0 Å². The Morgan fingerprint density at radius 3 is 1.72 bits per heavy atom. The third-order valence-electron chi connectivity index (χ3n) is 2.88. The topological polar surface area (TPSA) is 134 Å². The van der Waals surface area contributed by atoms with Crippen LogP contribution in [-0.4, -0.2) is 70.5 Å². The van der Waals surface area contributed by atoms with Crippen LogP contribution in [0.3, 0.4) is 0 Å². The van der Waals surface area contributed by atoms with Crippen molar-refractivity contribution in [2.45, 2.75) is 39.1 Å². The summed E-state index contributed by atoms with van der Waals surface area (Å²) in [6, 6.07) is 5.48. The second-order valence-corrected chi connectivity index (χ2v) is 5.48. The molecule has 3 atom stereocenters. The summed E-state index contributed by atoms with van der Waals surface area (Å²) in [5.74, 6) is -2.46. The Kier molecular flexibility index (Phi) is 11.4. The van der Waals surface area contributed by atoms with Crippen LogP contribution in [0.5, 0.6) is 0 Å². The predicted molar refractivity (Wildman–Crippen MR) is 90.0 cm³/mol. The Morgan fingerprint density at radius 1 is 0.920 bits per heavy atom. The van der Waals surface area contributed by atoms with Gasteiger partial charge in [0.05, 0.1) is 49.3 Å². The Balaban J connectivity index is 0.000000462. The zero-order valence-corrected chi connectivity index (χ0v) is 14.6. The molecule has 1 rings (SSSR count). The molecule has 0 saturated carbocycles. The van der Waals surface area contributed by atoms with Crippen molar-refractivity contribution in [1.82, 2.24) is 0 Å². The van der Waals surface area contributed by atoms with Gasteiger partial charge in [-0.3, -0.25) is 0 Å². The maximum atomic E-state index is 10.5. The standard InChI is InChI=1S/C9H20O4.C8H6O4/c1-7(11)5-12-9(3)6-13-8(2)4-10;9-7(10)5-3-1-2-4-6(5)8(11)12/h7-11H,4-6H2,1-3H3;1-4H,(H,9,10)(H,11,12). The fraction of sp³-hybridized carbons (Fsp3) is 0.529. The molecule has 3 unspecified atom stereocenters. The van der Waals surface area contributed by atoms with Crippen molar-refractivity contribution in [2.75, 3.05) is 19.8 Å². The van der Waals surface area contributed by atoms with Crippen LogP contribution in [-0.2, 0) is 9.47 Å². The van der Waals surface area contributed by atoms with Gasteiger partial charge < -0.3 is 29.9 Å². The van der Waals surface area contributed by atoms with Crippen molar-refractivity contribution in [1.29, 1.82) is 0 Å². The molecule has 4 N–H and O–H groups in total. The van der Waals surface area contributed by atoms with Crippen molar-refractivity contribution in [3.05, 3.63) is 35.4 Å². The Morgan fingerprint density at radius 2 is 1.36 bits per heavy atom. The Bertz CT molecular complexity index is 496. The van der Waals surface area contributed by atoms with Gasteiger partial charge in [0.1, 0.15) is 0 Å². The van der Waals surface area contributed by atoms with Crippen LogP contribution in [0, 0.1) is 0 Å². The number of benzene rings is 1. The van der Waals surface area contributed by atoms with Crippen molar-refractivity contribution >= 4 is 11.9 Å². The second kappa shape index (κ2) is 12.4. The lowest BCUT2D eigenvalue weighted by Crippen LogP contribution is -2.24. The minimum absolute atomic E-state index is 0.0170. The molecule has 0 aromatic heterocycles. The minimum Gasteiger partial charge on any atom is -0.478 e. The quantitative estimate of drug-likeness (QED) is 0.518. The SMILES string of the molecule is CC(O)COC(C)COC(C)CO.O=C(O)c1ccccc1C(=O)O. The fourth-order valence-corrected chi connectivity index (χ4v) is 1.56. The predicted octanol–water partition coefficient (Wildman–Crippen LogP) is 1.25. The first-order valence-electron chi connectivity index (χ1n) is 7.76. The van der Waals surface area contributed by atoms with Crippen LogP contribution < -0.4 is 0 Å². The normalized spacial score (nSPS) is 14.0. The number of carboxylic acid groups (broad SMARTS) is 2. The number of aliphatic hydroxyl groups excluding tert-OH is 2. The van der Waals surface area contributed by atoms with E-state index in [1.54, 1.807) is 13.8 Å². The third-order valence-corrected chi connectivity index (χ3v) is 2.88. The summed E-state index contributed by atoms with van der Waals surface area (Å²) in [5, 5.41) is 34.7. The number of hydrogen-bond acceptors (Lipinski definition) is 6. The first-order chi connectivity index (χ1) is 11.7. The van der Waals surface area contributed by atoms with E-state index in [-0.39, 0.29) is 29.9 Å². The lowest BCUT2D eigenvalue weighted by molar-refractivity contribution is -0.0620. The molecule has 0 saturated heterocycles. The molecular weight excluding hydrogens is 332 g/mol. The van der Waals surface area contributed by atoms with Gasteiger partial charge in [0.25, 0.3) is 0 Å². The molecule has 0 heterocycles. The van der Waals surface area contributed by atoms with Gasteiger partial charge in [-0.05, 0) is 32.9 Å². The summed E-state index contributed by atoms with van der Waals surface area (Å²) >= 11 is 0. The molecule has 0 fully saturated rings. The maximum Gasteiger partial charge on any atom is 0.336 e. The molecule has 8 heteroatoms. The maximum absolute atomic E-state index is 10.5. The molecule has 0 bridgehead atoms. The number of rotatable bonds is 9. The van der Waals surface area contributed by atoms with E-state index in [1.807, 2.05) is 6.92 Å². The average Bonchev–Trinajstić information content (AvgIpc) is 2.58. The van der Waals surface area contributed by atoms with Gasteiger partial charge in [-0.1, -0.05) is 12.1 Å². The zero-order chi connectivity index (χ0) is 19.4. The van der Waals surface area contributed by atoms with E-state index in [1.165, 1.54) is 24.3 Å². The van der Waals surface area contributed by atoms with Gasteiger partial charge in [0.15, 0.2) is 0 Å². The van der Waals surface area contributed by atoms with Gasteiger partial charge in [-0.2, -0.15) is 0 Å². The van der Waals surface area contributed by atoms with Gasteiger partial charge in [0.2, 0.25) is 0 Å². The number of carboxylic acids is 2. The summed E-state index contributed by atoms with van der Waals surface area (Å²) in [4.78, 5) is 20.9. The molecule has 0 aliphatic heterocycles. The number of aliphatic hydroxyl groups is 2. The van der Waals surface area contributed by atoms with Crippen LogP contribution in [0.25, 0.3) is 0 Å². The molecular formula is C17H26O8. The number of ether oxygens (including phenoxy) is 2. The molecule has 8 nitrogen and oxygen atoms in total. The van der Waals surface area contributed by atoms with Crippen molar-refractivity contribution in [3.63, 3.8) is 0 Å².